The summed E-state index contributed by atoms with van der Waals surface area (Å²) in [6.07, 6.45) is 0.818. The highest BCUT2D eigenvalue weighted by atomic mass is 35.5. The van der Waals surface area contributed by atoms with E-state index in [1.165, 1.54) is 11.8 Å². The van der Waals surface area contributed by atoms with Gasteiger partial charge in [-0.15, -0.1) is 11.8 Å². The number of carbonyl (C=O) groups excluding carboxylic acids is 2. The van der Waals surface area contributed by atoms with E-state index in [1.54, 1.807) is 42.2 Å². The number of nitrogens with one attached hydrogen (secondary N) is 1. The van der Waals surface area contributed by atoms with Crippen molar-refractivity contribution in [3.05, 3.63) is 67.6 Å². The zero-order chi connectivity index (χ0) is 23.0. The van der Waals surface area contributed by atoms with E-state index in [0.29, 0.717) is 32.4 Å². The van der Waals surface area contributed by atoms with Crippen molar-refractivity contribution in [3.8, 4) is 0 Å². The van der Waals surface area contributed by atoms with Crippen molar-refractivity contribution in [2.45, 2.75) is 38.6 Å². The Morgan fingerprint density at radius 2 is 1.55 bits per heavy atom. The molecule has 0 aliphatic rings. The van der Waals surface area contributed by atoms with Gasteiger partial charge in [-0.05, 0) is 48.7 Å². The second-order valence-corrected chi connectivity index (χ2v) is 9.59. The van der Waals surface area contributed by atoms with Gasteiger partial charge in [-0.2, -0.15) is 0 Å². The molecule has 0 heterocycles. The molecule has 0 bridgehead atoms. The maximum absolute atomic E-state index is 13.0. The molecular formula is C22H24Cl4N2O2S. The minimum Gasteiger partial charge on any atom is -0.354 e. The third-order valence-electron chi connectivity index (χ3n) is 4.53. The molecule has 1 atom stereocenters. The zero-order valence-corrected chi connectivity index (χ0v) is 21.1. The molecular weight excluding hydrogens is 498 g/mol. The van der Waals surface area contributed by atoms with Gasteiger partial charge in [0.05, 0.1) is 25.8 Å². The first-order valence-corrected chi connectivity index (χ1v) is 12.4. The molecule has 0 fully saturated rings. The number of hydrogen-bond acceptors (Lipinski definition) is 3. The van der Waals surface area contributed by atoms with E-state index in [9.17, 15) is 9.59 Å². The first kappa shape index (κ1) is 26.1. The summed E-state index contributed by atoms with van der Waals surface area (Å²) in [7, 11) is 0. The lowest BCUT2D eigenvalue weighted by Gasteiger charge is -2.29. The van der Waals surface area contributed by atoms with Crippen LogP contribution in [0, 0.1) is 0 Å². The van der Waals surface area contributed by atoms with Crippen LogP contribution in [0.25, 0.3) is 0 Å². The van der Waals surface area contributed by atoms with Crippen LogP contribution in [0.15, 0.2) is 36.4 Å². The van der Waals surface area contributed by atoms with Crippen molar-refractivity contribution in [1.29, 1.82) is 0 Å². The van der Waals surface area contributed by atoms with Gasteiger partial charge < -0.3 is 10.2 Å². The SMILES string of the molecule is CCCNC(=O)[C@H](C)N(Cc1ccc(Cl)c(Cl)c1)C(=O)CSCc1ccc(Cl)c(Cl)c1. The molecule has 0 aliphatic heterocycles. The van der Waals surface area contributed by atoms with Crippen LogP contribution < -0.4 is 5.32 Å². The molecule has 0 aliphatic carbocycles. The van der Waals surface area contributed by atoms with Gasteiger partial charge in [-0.3, -0.25) is 9.59 Å². The van der Waals surface area contributed by atoms with Crippen LogP contribution >= 0.6 is 58.2 Å². The molecule has 1 N–H and O–H groups in total. The fourth-order valence-corrected chi connectivity index (χ4v) is 4.28. The topological polar surface area (TPSA) is 49.4 Å². The van der Waals surface area contributed by atoms with E-state index in [2.05, 4.69) is 5.32 Å². The molecule has 31 heavy (non-hydrogen) atoms. The van der Waals surface area contributed by atoms with Gasteiger partial charge in [0, 0.05) is 18.8 Å². The molecule has 4 nitrogen and oxygen atoms in total. The van der Waals surface area contributed by atoms with Crippen LogP contribution in [-0.2, 0) is 21.9 Å². The molecule has 9 heteroatoms. The summed E-state index contributed by atoms with van der Waals surface area (Å²) >= 11 is 25.6. The van der Waals surface area contributed by atoms with Gasteiger partial charge in [0.25, 0.3) is 0 Å². The van der Waals surface area contributed by atoms with E-state index < -0.39 is 6.04 Å². The first-order chi connectivity index (χ1) is 14.7. The van der Waals surface area contributed by atoms with Crippen molar-refractivity contribution in [2.75, 3.05) is 12.3 Å². The second kappa shape index (κ2) is 12.8. The molecule has 0 radical (unpaired) electrons. The summed E-state index contributed by atoms with van der Waals surface area (Å²) in [6, 6.07) is 9.97. The van der Waals surface area contributed by atoms with Gasteiger partial charge in [0.15, 0.2) is 0 Å². The fourth-order valence-electron chi connectivity index (χ4n) is 2.78. The summed E-state index contributed by atoms with van der Waals surface area (Å²) in [4.78, 5) is 27.1. The lowest BCUT2D eigenvalue weighted by atomic mass is 10.1. The Hall–Kier alpha value is -1.11. The smallest absolute Gasteiger partial charge is 0.242 e. The Labute approximate surface area is 207 Å². The highest BCUT2D eigenvalue weighted by Crippen LogP contribution is 2.26. The normalized spacial score (nSPS) is 11.8. The van der Waals surface area contributed by atoms with Crippen molar-refractivity contribution in [3.63, 3.8) is 0 Å². The highest BCUT2D eigenvalue weighted by Gasteiger charge is 2.26. The molecule has 0 spiro atoms. The summed E-state index contributed by atoms with van der Waals surface area (Å²) in [5.74, 6) is 0.479. The van der Waals surface area contributed by atoms with Crippen LogP contribution in [0.2, 0.25) is 20.1 Å². The number of thioether (sulfide) groups is 1. The summed E-state index contributed by atoms with van der Waals surface area (Å²) in [6.45, 7) is 4.51. The summed E-state index contributed by atoms with van der Waals surface area (Å²) in [5.41, 5.74) is 1.77. The van der Waals surface area contributed by atoms with Gasteiger partial charge in [-0.25, -0.2) is 0 Å². The van der Waals surface area contributed by atoms with E-state index in [0.717, 1.165) is 17.5 Å². The minimum atomic E-state index is -0.626. The molecule has 0 saturated carbocycles. The lowest BCUT2D eigenvalue weighted by Crippen LogP contribution is -2.48. The lowest BCUT2D eigenvalue weighted by molar-refractivity contribution is -0.138. The van der Waals surface area contributed by atoms with E-state index in [1.807, 2.05) is 13.0 Å². The average molecular weight is 522 g/mol. The minimum absolute atomic E-state index is 0.143. The quantitative estimate of drug-likeness (QED) is 0.389. The molecule has 2 aromatic carbocycles. The number of carbonyl (C=O) groups is 2. The third kappa shape index (κ3) is 8.07. The van der Waals surface area contributed by atoms with Gasteiger partial charge in [0.2, 0.25) is 11.8 Å². The molecule has 2 aromatic rings. The molecule has 2 rings (SSSR count). The van der Waals surface area contributed by atoms with Crippen LogP contribution in [0.3, 0.4) is 0 Å². The van der Waals surface area contributed by atoms with E-state index in [4.69, 9.17) is 46.4 Å². The van der Waals surface area contributed by atoms with Crippen molar-refractivity contribution in [2.24, 2.45) is 0 Å². The van der Waals surface area contributed by atoms with Crippen LogP contribution in [-0.4, -0.2) is 35.1 Å². The Bertz CT molecular complexity index is 926. The van der Waals surface area contributed by atoms with Gasteiger partial charge in [0.1, 0.15) is 6.04 Å². The maximum Gasteiger partial charge on any atom is 0.242 e. The Morgan fingerprint density at radius 1 is 0.968 bits per heavy atom. The maximum atomic E-state index is 13.0. The number of rotatable bonds is 10. The number of benzene rings is 2. The number of hydrogen-bond donors (Lipinski definition) is 1. The number of halogens is 4. The van der Waals surface area contributed by atoms with Crippen molar-refractivity contribution in [1.82, 2.24) is 10.2 Å². The monoisotopic (exact) mass is 520 g/mol. The first-order valence-electron chi connectivity index (χ1n) is 9.75. The molecule has 168 valence electrons. The van der Waals surface area contributed by atoms with Crippen LogP contribution in [0.1, 0.15) is 31.4 Å². The largest absolute Gasteiger partial charge is 0.354 e. The predicted octanol–water partition coefficient (Wildman–Crippen LogP) is 6.48. The molecule has 2 amide bonds. The van der Waals surface area contributed by atoms with Crippen LogP contribution in [0.5, 0.6) is 0 Å². The second-order valence-electron chi connectivity index (χ2n) is 6.98. The van der Waals surface area contributed by atoms with Crippen molar-refractivity contribution >= 4 is 70.0 Å². The third-order valence-corrected chi connectivity index (χ3v) is 7.00. The summed E-state index contributed by atoms with van der Waals surface area (Å²) < 4.78 is 0. The van der Waals surface area contributed by atoms with Gasteiger partial charge >= 0.3 is 0 Å². The standard InChI is InChI=1S/C22H24Cl4N2O2S/c1-3-8-27-22(30)14(2)28(11-15-4-6-17(23)19(25)9-15)21(29)13-31-12-16-5-7-18(24)20(26)10-16/h4-7,9-10,14H,3,8,11-13H2,1-2H3,(H,27,30)/t14-/m0/s1. The Balaban J connectivity index is 2.09. The van der Waals surface area contributed by atoms with E-state index >= 15 is 0 Å². The fraction of sp³-hybridized carbons (Fsp3) is 0.364. The molecule has 0 saturated heterocycles. The molecule has 0 unspecified atom stereocenters. The summed E-state index contributed by atoms with van der Waals surface area (Å²) in [5, 5.41) is 4.67. The zero-order valence-electron chi connectivity index (χ0n) is 17.3. The predicted molar refractivity (Wildman–Crippen MR) is 132 cm³/mol. The van der Waals surface area contributed by atoms with E-state index in [-0.39, 0.29) is 24.1 Å². The highest BCUT2D eigenvalue weighted by molar-refractivity contribution is 7.99. The average Bonchev–Trinajstić information content (AvgIpc) is 2.74. The number of nitrogens with zero attached hydrogens (tertiary/aromatic N) is 1. The molecule has 0 aromatic heterocycles. The Morgan fingerprint density at radius 3 is 2.13 bits per heavy atom. The number of amides is 2. The van der Waals surface area contributed by atoms with Crippen molar-refractivity contribution < 1.29 is 9.59 Å². The Kier molecular flexibility index (Phi) is 10.8. The van der Waals surface area contributed by atoms with Gasteiger partial charge in [-0.1, -0.05) is 65.5 Å². The van der Waals surface area contributed by atoms with Crippen LogP contribution in [0.4, 0.5) is 0 Å².